The summed E-state index contributed by atoms with van der Waals surface area (Å²) in [6.45, 7) is 8.08. The van der Waals surface area contributed by atoms with Gasteiger partial charge in [0.05, 0.1) is 18.0 Å². The Kier molecular flexibility index (Phi) is 6.87. The van der Waals surface area contributed by atoms with Gasteiger partial charge < -0.3 is 25.4 Å². The van der Waals surface area contributed by atoms with Gasteiger partial charge in [0.15, 0.2) is 5.96 Å². The summed E-state index contributed by atoms with van der Waals surface area (Å²) in [5, 5.41) is 25.6. The molecule has 0 saturated carbocycles. The molecule has 3 heterocycles. The van der Waals surface area contributed by atoms with Crippen LogP contribution in [0.2, 0.25) is 0 Å². The van der Waals surface area contributed by atoms with E-state index in [1.165, 1.54) is 4.90 Å². The second-order valence-electron chi connectivity index (χ2n) is 11.2. The zero-order chi connectivity index (χ0) is 27.2. The predicted molar refractivity (Wildman–Crippen MR) is 144 cm³/mol. The molecule has 0 spiro atoms. The van der Waals surface area contributed by atoms with Crippen molar-refractivity contribution in [2.45, 2.75) is 88.9 Å². The fourth-order valence-electron chi connectivity index (χ4n) is 5.91. The third-order valence-electron chi connectivity index (χ3n) is 8.12. The topological polar surface area (TPSA) is 130 Å². The highest BCUT2D eigenvalue weighted by Crippen LogP contribution is 2.43. The second-order valence-corrected chi connectivity index (χ2v) is 11.2. The molecule has 38 heavy (non-hydrogen) atoms. The van der Waals surface area contributed by atoms with E-state index in [1.807, 2.05) is 52.0 Å². The van der Waals surface area contributed by atoms with Crippen LogP contribution in [0.1, 0.15) is 88.4 Å². The molecule has 204 valence electrons. The second kappa shape index (κ2) is 9.87. The Morgan fingerprint density at radius 2 is 1.89 bits per heavy atom. The number of hydrogen-bond acceptors (Lipinski definition) is 8. The summed E-state index contributed by atoms with van der Waals surface area (Å²) in [4.78, 5) is 19.5. The van der Waals surface area contributed by atoms with Crippen LogP contribution in [0.4, 0.5) is 0 Å². The molecular weight excluding hydrogens is 484 g/mol. The predicted octanol–water partition coefficient (Wildman–Crippen LogP) is 3.47. The molecule has 0 saturated heterocycles. The van der Waals surface area contributed by atoms with E-state index in [4.69, 9.17) is 20.2 Å². The minimum atomic E-state index is -1.01. The summed E-state index contributed by atoms with van der Waals surface area (Å²) in [7, 11) is 0. The molecule has 3 unspecified atom stereocenters. The molecule has 0 aromatic heterocycles. The number of aliphatic hydroxyl groups excluding tert-OH is 2. The maximum atomic E-state index is 13.4. The van der Waals surface area contributed by atoms with E-state index in [-0.39, 0.29) is 30.9 Å². The van der Waals surface area contributed by atoms with E-state index in [1.54, 1.807) is 18.2 Å². The molecular formula is C29H38N4O5. The van der Waals surface area contributed by atoms with Crippen LogP contribution in [0.25, 0.3) is 0 Å². The lowest BCUT2D eigenvalue weighted by molar-refractivity contribution is -0.134. The van der Waals surface area contributed by atoms with E-state index in [9.17, 15) is 15.0 Å². The number of hydrogen-bond donors (Lipinski definition) is 4. The van der Waals surface area contributed by atoms with Gasteiger partial charge in [-0.05, 0) is 50.5 Å². The van der Waals surface area contributed by atoms with Crippen LogP contribution in [0.15, 0.2) is 47.5 Å². The van der Waals surface area contributed by atoms with Crippen molar-refractivity contribution in [1.29, 1.82) is 0 Å². The van der Waals surface area contributed by atoms with E-state index in [2.05, 4.69) is 5.32 Å². The highest BCUT2D eigenvalue weighted by atomic mass is 16.5. The number of ether oxygens (including phenoxy) is 2. The van der Waals surface area contributed by atoms with Crippen molar-refractivity contribution in [3.63, 3.8) is 0 Å². The van der Waals surface area contributed by atoms with Crippen molar-refractivity contribution in [1.82, 2.24) is 10.2 Å². The van der Waals surface area contributed by atoms with Gasteiger partial charge in [-0.1, -0.05) is 38.1 Å². The first-order valence-electron chi connectivity index (χ1n) is 13.4. The number of fused-ring (bicyclic) bond motifs is 2. The standard InChI is InChI=1S/C29H38N4O5/c1-5-29(6-2)15-24(35)33(27(30)32-29)25-19-13-17(11-12-22(19)37-16-21(25)34)26(36)31-20-14-28(3,4)38-23-10-8-7-9-18(20)23/h7-13,20-21,25-26,31,34,36H,5-6,14-16H2,1-4H3,(H2,30,32)/t20-,21?,25?,26?/m0/s1. The lowest BCUT2D eigenvalue weighted by atomic mass is 9.86. The molecule has 5 rings (SSSR count). The zero-order valence-corrected chi connectivity index (χ0v) is 22.5. The van der Waals surface area contributed by atoms with Crippen molar-refractivity contribution >= 4 is 11.9 Å². The monoisotopic (exact) mass is 522 g/mol. The van der Waals surface area contributed by atoms with Gasteiger partial charge in [0.2, 0.25) is 5.91 Å². The quantitative estimate of drug-likeness (QED) is 0.428. The van der Waals surface area contributed by atoms with Gasteiger partial charge in [-0.2, -0.15) is 0 Å². The Hall–Kier alpha value is -3.14. The third-order valence-corrected chi connectivity index (χ3v) is 8.12. The molecule has 9 nitrogen and oxygen atoms in total. The largest absolute Gasteiger partial charge is 0.490 e. The number of carbonyl (C=O) groups is 1. The molecule has 3 aliphatic rings. The Bertz CT molecular complexity index is 1240. The van der Waals surface area contributed by atoms with Crippen molar-refractivity contribution in [3.05, 3.63) is 59.2 Å². The molecule has 9 heteroatoms. The first-order chi connectivity index (χ1) is 18.1. The van der Waals surface area contributed by atoms with Gasteiger partial charge in [-0.25, -0.2) is 4.99 Å². The van der Waals surface area contributed by atoms with Crippen LogP contribution >= 0.6 is 0 Å². The number of benzene rings is 2. The van der Waals surface area contributed by atoms with Crippen molar-refractivity contribution < 1.29 is 24.5 Å². The van der Waals surface area contributed by atoms with Crippen LogP contribution in [0.5, 0.6) is 11.5 Å². The molecule has 0 bridgehead atoms. The van der Waals surface area contributed by atoms with Gasteiger partial charge in [-0.3, -0.25) is 15.0 Å². The maximum Gasteiger partial charge on any atom is 0.232 e. The summed E-state index contributed by atoms with van der Waals surface area (Å²) in [5.74, 6) is 1.26. The summed E-state index contributed by atoms with van der Waals surface area (Å²) in [5.41, 5.74) is 7.60. The van der Waals surface area contributed by atoms with E-state index >= 15 is 0 Å². The zero-order valence-electron chi connectivity index (χ0n) is 22.5. The van der Waals surface area contributed by atoms with Crippen molar-refractivity contribution in [2.24, 2.45) is 10.7 Å². The number of nitrogens with one attached hydrogen (secondary N) is 1. The van der Waals surface area contributed by atoms with Crippen molar-refractivity contribution in [2.75, 3.05) is 6.61 Å². The highest BCUT2D eigenvalue weighted by molar-refractivity contribution is 5.99. The van der Waals surface area contributed by atoms with E-state index in [0.29, 0.717) is 36.1 Å². The number of nitrogens with zero attached hydrogens (tertiary/aromatic N) is 2. The van der Waals surface area contributed by atoms with Crippen LogP contribution in [-0.2, 0) is 4.79 Å². The summed E-state index contributed by atoms with van der Waals surface area (Å²) in [6, 6.07) is 12.3. The number of carbonyl (C=O) groups excluding carboxylic acids is 1. The van der Waals surface area contributed by atoms with Crippen LogP contribution < -0.4 is 20.5 Å². The molecule has 0 aliphatic carbocycles. The summed E-state index contributed by atoms with van der Waals surface area (Å²) >= 11 is 0. The fraction of sp³-hybridized carbons (Fsp3) is 0.517. The summed E-state index contributed by atoms with van der Waals surface area (Å²) in [6.07, 6.45) is 0.281. The number of amides is 1. The lowest BCUT2D eigenvalue weighted by Crippen LogP contribution is -2.56. The normalized spacial score (nSPS) is 26.4. The molecule has 3 aliphatic heterocycles. The number of rotatable bonds is 6. The van der Waals surface area contributed by atoms with Gasteiger partial charge >= 0.3 is 0 Å². The third kappa shape index (κ3) is 4.74. The van der Waals surface area contributed by atoms with Gasteiger partial charge in [0, 0.05) is 23.6 Å². The SMILES string of the molecule is CCC1(CC)CC(=O)N(C2c3cc(C(O)N[C@H]4CC(C)(C)Oc5ccccc54)ccc3OCC2O)C(N)=N1. The minimum Gasteiger partial charge on any atom is -0.490 e. The average molecular weight is 523 g/mol. The van der Waals surface area contributed by atoms with Gasteiger partial charge in [0.1, 0.15) is 36.0 Å². The molecule has 2 aromatic carbocycles. The Balaban J connectivity index is 1.46. The number of nitrogens with two attached hydrogens (primary N) is 1. The Morgan fingerprint density at radius 3 is 2.61 bits per heavy atom. The lowest BCUT2D eigenvalue weighted by Gasteiger charge is -2.43. The minimum absolute atomic E-state index is 0.0233. The highest BCUT2D eigenvalue weighted by Gasteiger charge is 2.45. The van der Waals surface area contributed by atoms with Crippen LogP contribution in [-0.4, -0.2) is 50.8 Å². The molecule has 0 fully saturated rings. The molecule has 4 atom stereocenters. The Labute approximate surface area is 223 Å². The fourth-order valence-corrected chi connectivity index (χ4v) is 5.91. The molecule has 1 amide bonds. The van der Waals surface area contributed by atoms with Gasteiger partial charge in [0.25, 0.3) is 0 Å². The number of aliphatic hydroxyl groups is 2. The average Bonchev–Trinajstić information content (AvgIpc) is 2.88. The van der Waals surface area contributed by atoms with E-state index in [0.717, 1.165) is 11.3 Å². The first-order valence-corrected chi connectivity index (χ1v) is 13.4. The Morgan fingerprint density at radius 1 is 1.16 bits per heavy atom. The molecule has 0 radical (unpaired) electrons. The number of para-hydroxylation sites is 1. The van der Waals surface area contributed by atoms with E-state index < -0.39 is 29.5 Å². The van der Waals surface area contributed by atoms with Crippen molar-refractivity contribution in [3.8, 4) is 11.5 Å². The smallest absolute Gasteiger partial charge is 0.232 e. The maximum absolute atomic E-state index is 13.4. The van der Waals surface area contributed by atoms with Gasteiger partial charge in [-0.15, -0.1) is 0 Å². The number of aliphatic imine (C=N–C) groups is 1. The summed E-state index contributed by atoms with van der Waals surface area (Å²) < 4.78 is 11.9. The molecule has 2 aromatic rings. The first kappa shape index (κ1) is 26.5. The molecule has 5 N–H and O–H groups in total. The van der Waals surface area contributed by atoms with Crippen LogP contribution in [0, 0.1) is 0 Å². The number of guanidine groups is 1. The van der Waals surface area contributed by atoms with Crippen LogP contribution in [0.3, 0.4) is 0 Å².